The van der Waals surface area contributed by atoms with Crippen molar-refractivity contribution in [3.05, 3.63) is 24.3 Å². The molecule has 7 heteroatoms. The molecule has 1 aromatic heterocycles. The zero-order chi connectivity index (χ0) is 17.2. The molecule has 2 amide bonds. The van der Waals surface area contributed by atoms with E-state index in [1.54, 1.807) is 11.3 Å². The van der Waals surface area contributed by atoms with Crippen molar-refractivity contribution in [2.75, 3.05) is 19.6 Å². The first-order valence-electron chi connectivity index (χ1n) is 8.79. The van der Waals surface area contributed by atoms with Crippen LogP contribution in [0.3, 0.4) is 0 Å². The fraction of sp³-hybridized carbons (Fsp3) is 0.500. The molecule has 2 aromatic rings. The Kier molecular flexibility index (Phi) is 4.57. The van der Waals surface area contributed by atoms with Crippen molar-refractivity contribution in [2.24, 2.45) is 5.92 Å². The number of aromatic nitrogens is 1. The van der Waals surface area contributed by atoms with Crippen LogP contribution in [-0.4, -0.2) is 47.4 Å². The van der Waals surface area contributed by atoms with E-state index >= 15 is 0 Å². The molecule has 1 aromatic carbocycles. The van der Waals surface area contributed by atoms with Crippen LogP contribution in [-0.2, 0) is 9.59 Å². The highest BCUT2D eigenvalue weighted by Gasteiger charge is 2.34. The van der Waals surface area contributed by atoms with E-state index in [0.29, 0.717) is 31.2 Å². The molecule has 6 nitrogen and oxygen atoms in total. The predicted octanol–water partition coefficient (Wildman–Crippen LogP) is 2.19. The number of carbonyl (C=O) groups is 2. The summed E-state index contributed by atoms with van der Waals surface area (Å²) in [4.78, 5) is 30.8. The average Bonchev–Trinajstić information content (AvgIpc) is 3.04. The van der Waals surface area contributed by atoms with Crippen molar-refractivity contribution in [3.63, 3.8) is 0 Å². The van der Waals surface area contributed by atoms with Gasteiger partial charge in [-0.25, -0.2) is 4.98 Å². The maximum absolute atomic E-state index is 12.6. The molecule has 0 aliphatic carbocycles. The van der Waals surface area contributed by atoms with E-state index in [9.17, 15) is 9.59 Å². The second-order valence-electron chi connectivity index (χ2n) is 6.58. The molecule has 3 heterocycles. The van der Waals surface area contributed by atoms with Crippen LogP contribution in [0.15, 0.2) is 24.3 Å². The summed E-state index contributed by atoms with van der Waals surface area (Å²) in [5.41, 5.74) is 0.957. The minimum atomic E-state index is -0.504. The van der Waals surface area contributed by atoms with Crippen molar-refractivity contribution >= 4 is 33.4 Å². The molecule has 132 valence electrons. The van der Waals surface area contributed by atoms with Gasteiger partial charge in [0.15, 0.2) is 0 Å². The Morgan fingerprint density at radius 2 is 2.04 bits per heavy atom. The minimum absolute atomic E-state index is 0.0318. The van der Waals surface area contributed by atoms with Crippen molar-refractivity contribution in [2.45, 2.75) is 31.8 Å². The molecule has 2 aliphatic heterocycles. The lowest BCUT2D eigenvalue weighted by molar-refractivity contribution is -0.144. The lowest BCUT2D eigenvalue weighted by Crippen LogP contribution is -2.49. The smallest absolute Gasteiger partial charge is 0.274 e. The number of nitrogens with one attached hydrogen (secondary N) is 1. The highest BCUT2D eigenvalue weighted by atomic mass is 32.1. The van der Waals surface area contributed by atoms with Gasteiger partial charge in [0.2, 0.25) is 11.8 Å². The Hall–Kier alpha value is -2.15. The number of amides is 2. The molecule has 0 bridgehead atoms. The zero-order valence-electron chi connectivity index (χ0n) is 13.9. The van der Waals surface area contributed by atoms with Crippen LogP contribution in [0.5, 0.6) is 5.19 Å². The van der Waals surface area contributed by atoms with Gasteiger partial charge in [-0.2, -0.15) is 0 Å². The van der Waals surface area contributed by atoms with E-state index in [1.165, 1.54) is 0 Å². The highest BCUT2D eigenvalue weighted by molar-refractivity contribution is 7.20. The van der Waals surface area contributed by atoms with Gasteiger partial charge >= 0.3 is 0 Å². The Morgan fingerprint density at radius 3 is 2.80 bits per heavy atom. The topological polar surface area (TPSA) is 71.5 Å². The van der Waals surface area contributed by atoms with Crippen LogP contribution in [0, 0.1) is 5.92 Å². The fourth-order valence-electron chi connectivity index (χ4n) is 3.47. The zero-order valence-corrected chi connectivity index (χ0v) is 14.8. The van der Waals surface area contributed by atoms with Crippen LogP contribution >= 0.6 is 11.3 Å². The van der Waals surface area contributed by atoms with Crippen molar-refractivity contribution in [1.29, 1.82) is 0 Å². The number of nitrogens with zero attached hydrogens (tertiary/aromatic N) is 2. The number of carbonyl (C=O) groups excluding carboxylic acids is 2. The Labute approximate surface area is 150 Å². The van der Waals surface area contributed by atoms with E-state index in [0.717, 1.165) is 29.5 Å². The quantitative estimate of drug-likeness (QED) is 0.853. The third kappa shape index (κ3) is 3.46. The average molecular weight is 359 g/mol. The lowest BCUT2D eigenvalue weighted by atomic mass is 9.95. The molecule has 1 N–H and O–H groups in total. The van der Waals surface area contributed by atoms with E-state index in [-0.39, 0.29) is 17.9 Å². The third-order valence-corrected chi connectivity index (χ3v) is 5.81. The number of likely N-dealkylation sites (tertiary alicyclic amines) is 1. The summed E-state index contributed by atoms with van der Waals surface area (Å²) in [7, 11) is 0. The van der Waals surface area contributed by atoms with Gasteiger partial charge in [-0.05, 0) is 25.0 Å². The Balaban J connectivity index is 1.33. The molecule has 2 fully saturated rings. The van der Waals surface area contributed by atoms with Gasteiger partial charge in [-0.15, -0.1) is 0 Å². The highest BCUT2D eigenvalue weighted by Crippen LogP contribution is 2.29. The number of hydrogen-bond acceptors (Lipinski definition) is 5. The van der Waals surface area contributed by atoms with Crippen LogP contribution in [0.4, 0.5) is 0 Å². The number of rotatable bonds is 3. The van der Waals surface area contributed by atoms with Gasteiger partial charge in [0.05, 0.1) is 10.2 Å². The second kappa shape index (κ2) is 7.00. The number of piperidine rings is 2. The molecule has 1 unspecified atom stereocenters. The minimum Gasteiger partial charge on any atom is -0.467 e. The number of benzene rings is 1. The van der Waals surface area contributed by atoms with Crippen molar-refractivity contribution in [3.8, 4) is 5.19 Å². The number of hydrogen-bond donors (Lipinski definition) is 1. The Bertz CT molecular complexity index is 750. The maximum atomic E-state index is 12.6. The standard InChI is InChI=1S/C18H21N3O3S/c22-16-13(4-3-9-19-16)17(23)21-10-7-12(8-11-21)24-18-20-14-5-1-2-6-15(14)25-18/h1-2,5-6,12-13H,3-4,7-11H2,(H,19,22). The summed E-state index contributed by atoms with van der Waals surface area (Å²) in [6.07, 6.45) is 3.16. The maximum Gasteiger partial charge on any atom is 0.274 e. The molecule has 0 radical (unpaired) electrons. The number of fused-ring (bicyclic) bond motifs is 1. The number of thiazole rings is 1. The van der Waals surface area contributed by atoms with Gasteiger partial charge in [-0.3, -0.25) is 9.59 Å². The molecule has 2 aliphatic rings. The molecule has 0 spiro atoms. The summed E-state index contributed by atoms with van der Waals surface area (Å²) >= 11 is 1.55. The Morgan fingerprint density at radius 1 is 1.24 bits per heavy atom. The molecular weight excluding hydrogens is 338 g/mol. The van der Waals surface area contributed by atoms with E-state index in [4.69, 9.17) is 4.74 Å². The second-order valence-corrected chi connectivity index (χ2v) is 7.57. The van der Waals surface area contributed by atoms with Gasteiger partial charge in [0.25, 0.3) is 5.19 Å². The van der Waals surface area contributed by atoms with E-state index in [2.05, 4.69) is 10.3 Å². The van der Waals surface area contributed by atoms with Crippen LogP contribution in [0.2, 0.25) is 0 Å². The first-order valence-corrected chi connectivity index (χ1v) is 9.61. The van der Waals surface area contributed by atoms with Gasteiger partial charge in [0.1, 0.15) is 12.0 Å². The molecule has 0 saturated carbocycles. The summed E-state index contributed by atoms with van der Waals surface area (Å²) in [5, 5.41) is 3.48. The lowest BCUT2D eigenvalue weighted by Gasteiger charge is -2.34. The van der Waals surface area contributed by atoms with Crippen LogP contribution in [0.25, 0.3) is 10.2 Å². The SMILES string of the molecule is O=C1NCCCC1C(=O)N1CCC(Oc2nc3ccccc3s2)CC1. The van der Waals surface area contributed by atoms with Crippen LogP contribution in [0.1, 0.15) is 25.7 Å². The van der Waals surface area contributed by atoms with Gasteiger partial charge < -0.3 is 15.0 Å². The molecule has 25 heavy (non-hydrogen) atoms. The first kappa shape index (κ1) is 16.3. The van der Waals surface area contributed by atoms with Gasteiger partial charge in [0, 0.05) is 32.5 Å². The largest absolute Gasteiger partial charge is 0.467 e. The first-order chi connectivity index (χ1) is 12.2. The summed E-state index contributed by atoms with van der Waals surface area (Å²) in [5.74, 6) is -0.657. The number of para-hydroxylation sites is 1. The summed E-state index contributed by atoms with van der Waals surface area (Å²) < 4.78 is 7.14. The van der Waals surface area contributed by atoms with E-state index in [1.807, 2.05) is 29.2 Å². The monoisotopic (exact) mass is 359 g/mol. The molecule has 2 saturated heterocycles. The number of ether oxygens (including phenoxy) is 1. The van der Waals surface area contributed by atoms with Crippen molar-refractivity contribution < 1.29 is 14.3 Å². The predicted molar refractivity (Wildman–Crippen MR) is 95.6 cm³/mol. The molecular formula is C18H21N3O3S. The molecule has 4 rings (SSSR count). The fourth-order valence-corrected chi connectivity index (χ4v) is 4.35. The molecule has 1 atom stereocenters. The van der Waals surface area contributed by atoms with Crippen molar-refractivity contribution in [1.82, 2.24) is 15.2 Å². The van der Waals surface area contributed by atoms with E-state index < -0.39 is 5.92 Å². The van der Waals surface area contributed by atoms with Gasteiger partial charge in [-0.1, -0.05) is 23.5 Å². The summed E-state index contributed by atoms with van der Waals surface area (Å²) in [6, 6.07) is 7.98. The third-order valence-electron chi connectivity index (χ3n) is 4.88. The summed E-state index contributed by atoms with van der Waals surface area (Å²) in [6.45, 7) is 1.96. The normalized spacial score (nSPS) is 22.0. The van der Waals surface area contributed by atoms with Crippen LogP contribution < -0.4 is 10.1 Å².